The van der Waals surface area contributed by atoms with Crippen LogP contribution in [0.5, 0.6) is 5.75 Å². The van der Waals surface area contributed by atoms with Gasteiger partial charge in [-0.25, -0.2) is 4.39 Å². The average Bonchev–Trinajstić information content (AvgIpc) is 2.27. The highest BCUT2D eigenvalue weighted by molar-refractivity contribution is 8.13. The lowest BCUT2D eigenvalue weighted by molar-refractivity contribution is -0.386. The van der Waals surface area contributed by atoms with Crippen molar-refractivity contribution in [3.05, 3.63) is 33.6 Å². The summed E-state index contributed by atoms with van der Waals surface area (Å²) in [6.07, 6.45) is 0. The van der Waals surface area contributed by atoms with Crippen molar-refractivity contribution in [2.45, 2.75) is 6.92 Å². The molecule has 0 bridgehead atoms. The quantitative estimate of drug-likeness (QED) is 0.505. The molecule has 0 spiro atoms. The van der Waals surface area contributed by atoms with Crippen LogP contribution in [0.1, 0.15) is 12.5 Å². The third-order valence-corrected chi connectivity index (χ3v) is 2.52. The van der Waals surface area contributed by atoms with Crippen LogP contribution in [0.2, 0.25) is 0 Å². The number of rotatable bonds is 2. The van der Waals surface area contributed by atoms with E-state index in [2.05, 4.69) is 11.8 Å². The molecular weight excluding hydrogens is 261 g/mol. The Kier molecular flexibility index (Phi) is 4.68. The minimum absolute atomic E-state index is 0.126. The number of halogens is 1. The molecule has 0 atom stereocenters. The fourth-order valence-electron chi connectivity index (χ4n) is 1.09. The van der Waals surface area contributed by atoms with Crippen molar-refractivity contribution in [1.82, 2.24) is 0 Å². The van der Waals surface area contributed by atoms with E-state index in [1.54, 1.807) is 0 Å². The van der Waals surface area contributed by atoms with Gasteiger partial charge in [-0.1, -0.05) is 23.6 Å². The van der Waals surface area contributed by atoms with Gasteiger partial charge in [-0.15, -0.1) is 0 Å². The number of phenols is 1. The summed E-state index contributed by atoms with van der Waals surface area (Å²) in [5, 5.41) is 19.9. The largest absolute Gasteiger partial charge is 0.501 e. The Bertz CT molecular complexity index is 562. The summed E-state index contributed by atoms with van der Waals surface area (Å²) in [7, 11) is 0. The molecule has 94 valence electrons. The summed E-state index contributed by atoms with van der Waals surface area (Å²) in [5.41, 5.74) is -0.913. The molecule has 1 N–H and O–H groups in total. The number of hydrogen-bond donors (Lipinski definition) is 1. The van der Waals surface area contributed by atoms with Gasteiger partial charge in [0.1, 0.15) is 5.82 Å². The highest BCUT2D eigenvalue weighted by Gasteiger charge is 2.18. The minimum Gasteiger partial charge on any atom is -0.501 e. The third kappa shape index (κ3) is 3.75. The van der Waals surface area contributed by atoms with Crippen LogP contribution in [0.4, 0.5) is 10.1 Å². The third-order valence-electron chi connectivity index (χ3n) is 1.82. The maximum Gasteiger partial charge on any atom is 0.314 e. The zero-order chi connectivity index (χ0) is 13.7. The van der Waals surface area contributed by atoms with E-state index >= 15 is 0 Å². The van der Waals surface area contributed by atoms with Crippen LogP contribution in [0.3, 0.4) is 0 Å². The van der Waals surface area contributed by atoms with Crippen molar-refractivity contribution in [1.29, 1.82) is 0 Å². The lowest BCUT2D eigenvalue weighted by atomic mass is 10.1. The lowest BCUT2D eigenvalue weighted by Gasteiger charge is -1.99. The SMILES string of the molecule is CC(=O)SCC#Cc1cc(F)cc([N+](=O)[O-])c1O. The highest BCUT2D eigenvalue weighted by atomic mass is 32.2. The van der Waals surface area contributed by atoms with Crippen molar-refractivity contribution in [3.63, 3.8) is 0 Å². The van der Waals surface area contributed by atoms with E-state index in [9.17, 15) is 24.4 Å². The van der Waals surface area contributed by atoms with Crippen molar-refractivity contribution >= 4 is 22.6 Å². The van der Waals surface area contributed by atoms with Crippen molar-refractivity contribution < 1.29 is 19.2 Å². The topological polar surface area (TPSA) is 80.4 Å². The summed E-state index contributed by atoms with van der Waals surface area (Å²) >= 11 is 0.949. The van der Waals surface area contributed by atoms with Crippen LogP contribution >= 0.6 is 11.8 Å². The van der Waals surface area contributed by atoms with Gasteiger partial charge in [0.2, 0.25) is 5.75 Å². The Labute approximate surface area is 106 Å². The molecule has 0 aromatic heterocycles. The molecule has 1 aromatic carbocycles. The Morgan fingerprint density at radius 3 is 2.83 bits per heavy atom. The normalized spacial score (nSPS) is 9.44. The van der Waals surface area contributed by atoms with Gasteiger partial charge in [0.05, 0.1) is 22.3 Å². The molecule has 5 nitrogen and oxygen atoms in total. The van der Waals surface area contributed by atoms with Crippen molar-refractivity contribution in [2.24, 2.45) is 0 Å². The highest BCUT2D eigenvalue weighted by Crippen LogP contribution is 2.30. The van der Waals surface area contributed by atoms with Crippen molar-refractivity contribution in [2.75, 3.05) is 5.75 Å². The smallest absolute Gasteiger partial charge is 0.314 e. The van der Waals surface area contributed by atoms with Gasteiger partial charge >= 0.3 is 5.69 Å². The fourth-order valence-corrected chi connectivity index (χ4v) is 1.44. The zero-order valence-corrected chi connectivity index (χ0v) is 10.1. The molecule has 0 aliphatic carbocycles. The first-order chi connectivity index (χ1) is 8.41. The Balaban J connectivity index is 3.02. The number of thioether (sulfide) groups is 1. The standard InChI is InChI=1S/C11H8FNO4S/c1-7(14)18-4-2-3-8-5-9(12)6-10(11(8)15)13(16)17/h5-6,15H,4H2,1H3. The second kappa shape index (κ2) is 6.02. The van der Waals surface area contributed by atoms with Gasteiger partial charge in [0, 0.05) is 6.92 Å². The molecule has 0 fully saturated rings. The van der Waals surface area contributed by atoms with E-state index in [0.29, 0.717) is 6.07 Å². The average molecular weight is 269 g/mol. The van der Waals surface area contributed by atoms with Crippen LogP contribution in [0.15, 0.2) is 12.1 Å². The minimum atomic E-state index is -0.895. The number of phenolic OH excluding ortho intramolecular Hbond substituents is 1. The molecule has 0 aliphatic rings. The monoisotopic (exact) mass is 269 g/mol. The number of aromatic hydroxyl groups is 1. The van der Waals surface area contributed by atoms with Gasteiger partial charge in [-0.05, 0) is 6.07 Å². The zero-order valence-electron chi connectivity index (χ0n) is 9.27. The number of carbonyl (C=O) groups excluding carboxylic acids is 1. The second-order valence-corrected chi connectivity index (χ2v) is 4.31. The molecule has 1 aromatic rings. The Morgan fingerprint density at radius 2 is 2.28 bits per heavy atom. The number of hydrogen-bond acceptors (Lipinski definition) is 5. The summed E-state index contributed by atoms with van der Waals surface area (Å²) in [4.78, 5) is 20.2. The molecular formula is C11H8FNO4S. The second-order valence-electron chi connectivity index (χ2n) is 3.16. The molecule has 18 heavy (non-hydrogen) atoms. The molecule has 0 amide bonds. The molecule has 0 saturated heterocycles. The van der Waals surface area contributed by atoms with Gasteiger partial charge in [0.25, 0.3) is 0 Å². The van der Waals surface area contributed by atoms with Crippen LogP contribution in [-0.4, -0.2) is 20.9 Å². The molecule has 7 heteroatoms. The first kappa shape index (κ1) is 14.0. The van der Waals surface area contributed by atoms with E-state index in [4.69, 9.17) is 0 Å². The summed E-state index contributed by atoms with van der Waals surface area (Å²) in [5.74, 6) is 3.53. The van der Waals surface area contributed by atoms with Gasteiger partial charge in [-0.3, -0.25) is 14.9 Å². The molecule has 1 rings (SSSR count). The predicted molar refractivity (Wildman–Crippen MR) is 64.7 cm³/mol. The van der Waals surface area contributed by atoms with E-state index in [0.717, 1.165) is 17.8 Å². The number of benzene rings is 1. The van der Waals surface area contributed by atoms with E-state index < -0.39 is 22.2 Å². The first-order valence-electron chi connectivity index (χ1n) is 4.71. The number of nitro benzene ring substituents is 1. The fraction of sp³-hybridized carbons (Fsp3) is 0.182. The van der Waals surface area contributed by atoms with Gasteiger partial charge in [-0.2, -0.15) is 0 Å². The summed E-state index contributed by atoms with van der Waals surface area (Å²) < 4.78 is 13.1. The molecule has 0 aliphatic heterocycles. The Morgan fingerprint density at radius 1 is 1.61 bits per heavy atom. The Hall–Kier alpha value is -2.07. The predicted octanol–water partition coefficient (Wildman–Crippen LogP) is 2.07. The van der Waals surface area contributed by atoms with E-state index in [1.807, 2.05) is 0 Å². The van der Waals surface area contributed by atoms with Crippen LogP contribution in [0, 0.1) is 27.8 Å². The molecule has 0 unspecified atom stereocenters. The number of nitro groups is 1. The van der Waals surface area contributed by atoms with Gasteiger partial charge in [0.15, 0.2) is 5.12 Å². The number of carbonyl (C=O) groups is 1. The first-order valence-corrected chi connectivity index (χ1v) is 5.69. The molecule has 0 saturated carbocycles. The van der Waals surface area contributed by atoms with Crippen molar-refractivity contribution in [3.8, 4) is 17.6 Å². The van der Waals surface area contributed by atoms with Crippen LogP contribution < -0.4 is 0 Å². The molecule has 0 heterocycles. The van der Waals surface area contributed by atoms with Crippen LogP contribution in [0.25, 0.3) is 0 Å². The lowest BCUT2D eigenvalue weighted by Crippen LogP contribution is -1.92. The van der Waals surface area contributed by atoms with Crippen LogP contribution in [-0.2, 0) is 4.79 Å². The van der Waals surface area contributed by atoms with Gasteiger partial charge < -0.3 is 5.11 Å². The maximum absolute atomic E-state index is 13.1. The maximum atomic E-state index is 13.1. The molecule has 0 radical (unpaired) electrons. The number of nitrogens with zero attached hydrogens (tertiary/aromatic N) is 1. The van der Waals surface area contributed by atoms with E-state index in [1.165, 1.54) is 6.92 Å². The van der Waals surface area contributed by atoms with E-state index in [-0.39, 0.29) is 16.4 Å². The summed E-state index contributed by atoms with van der Waals surface area (Å²) in [6.45, 7) is 1.37. The summed E-state index contributed by atoms with van der Waals surface area (Å²) in [6, 6.07) is 1.51.